The molecule has 10 aromatic carbocycles. The van der Waals surface area contributed by atoms with Crippen LogP contribution in [-0.2, 0) is 0 Å². The van der Waals surface area contributed by atoms with Crippen LogP contribution in [0.5, 0.6) is 0 Å². The normalized spacial score (nSPS) is 11.4. The second kappa shape index (κ2) is 14.1. The number of anilines is 3. The van der Waals surface area contributed by atoms with E-state index in [0.717, 1.165) is 61.3 Å². The zero-order chi connectivity index (χ0) is 38.4. The summed E-state index contributed by atoms with van der Waals surface area (Å²) >= 11 is 0. The molecule has 11 aromatic rings. The van der Waals surface area contributed by atoms with Crippen LogP contribution in [0.15, 0.2) is 229 Å². The molecule has 272 valence electrons. The van der Waals surface area contributed by atoms with Crippen LogP contribution in [0.4, 0.5) is 17.1 Å². The van der Waals surface area contributed by atoms with Gasteiger partial charge in [0.05, 0.1) is 11.1 Å². The maximum absolute atomic E-state index is 6.78. The van der Waals surface area contributed by atoms with Crippen molar-refractivity contribution < 1.29 is 4.42 Å². The average molecular weight is 740 g/mol. The van der Waals surface area contributed by atoms with E-state index in [4.69, 9.17) is 4.42 Å². The van der Waals surface area contributed by atoms with E-state index in [1.165, 1.54) is 43.8 Å². The first kappa shape index (κ1) is 33.6. The Morgan fingerprint density at radius 2 is 0.897 bits per heavy atom. The summed E-state index contributed by atoms with van der Waals surface area (Å²) in [6.07, 6.45) is 0. The molecule has 1 heterocycles. The van der Waals surface area contributed by atoms with Crippen LogP contribution in [0.25, 0.3) is 88.0 Å². The molecular formula is C56H37NO. The molecule has 0 N–H and O–H groups in total. The molecule has 0 atom stereocenters. The Balaban J connectivity index is 1.12. The summed E-state index contributed by atoms with van der Waals surface area (Å²) in [5, 5.41) is 7.16. The molecule has 0 unspecified atom stereocenters. The Morgan fingerprint density at radius 1 is 0.310 bits per heavy atom. The molecule has 2 nitrogen and oxygen atoms in total. The Bertz CT molecular complexity index is 3270. The third-order valence-corrected chi connectivity index (χ3v) is 11.4. The lowest BCUT2D eigenvalue weighted by Gasteiger charge is -2.27. The molecule has 2 heteroatoms. The number of hydrogen-bond donors (Lipinski definition) is 0. The number of benzene rings is 10. The van der Waals surface area contributed by atoms with Crippen LogP contribution >= 0.6 is 0 Å². The second-order valence-electron chi connectivity index (χ2n) is 14.9. The highest BCUT2D eigenvalue weighted by Gasteiger charge is 2.23. The predicted molar refractivity (Wildman–Crippen MR) is 245 cm³/mol. The summed E-state index contributed by atoms with van der Waals surface area (Å²) in [6.45, 7) is 0. The van der Waals surface area contributed by atoms with Crippen LogP contribution in [-0.4, -0.2) is 0 Å². The molecule has 0 bridgehead atoms. The van der Waals surface area contributed by atoms with Gasteiger partial charge in [0, 0.05) is 22.3 Å². The molecule has 0 aliphatic carbocycles. The maximum Gasteiger partial charge on any atom is 0.145 e. The molecular weight excluding hydrogens is 703 g/mol. The molecule has 11 rings (SSSR count). The molecule has 0 saturated carbocycles. The van der Waals surface area contributed by atoms with Gasteiger partial charge < -0.3 is 9.32 Å². The van der Waals surface area contributed by atoms with Gasteiger partial charge in [-0.15, -0.1) is 0 Å². The van der Waals surface area contributed by atoms with Gasteiger partial charge in [0.15, 0.2) is 0 Å². The first-order valence-corrected chi connectivity index (χ1v) is 19.8. The number of fused-ring (bicyclic) bond motifs is 6. The summed E-state index contributed by atoms with van der Waals surface area (Å²) in [5.41, 5.74) is 14.2. The Labute approximate surface area is 337 Å². The lowest BCUT2D eigenvalue weighted by Crippen LogP contribution is -2.10. The monoisotopic (exact) mass is 739 g/mol. The number of rotatable bonds is 7. The molecule has 58 heavy (non-hydrogen) atoms. The Morgan fingerprint density at radius 3 is 1.67 bits per heavy atom. The zero-order valence-electron chi connectivity index (χ0n) is 31.7. The smallest absolute Gasteiger partial charge is 0.145 e. The first-order valence-electron chi connectivity index (χ1n) is 19.8. The Kier molecular flexibility index (Phi) is 8.19. The standard InChI is InChI=1S/C56H37NO/c1-3-15-38(16-4-1)41-20-13-21-42(35-41)39-29-31-45(32-30-39)57(53-34-33-48(40-17-5-2-6-18-40)56-55(53)51-27-11-12-28-54(51)58-56)46-23-14-22-43(36-46)52-37-44-19-7-8-24-47(44)49-25-9-10-26-50(49)52/h1-37H. The van der Waals surface area contributed by atoms with Gasteiger partial charge in [-0.05, 0) is 115 Å². The number of hydrogen-bond acceptors (Lipinski definition) is 2. The van der Waals surface area contributed by atoms with Crippen molar-refractivity contribution in [3.8, 4) is 44.5 Å². The minimum absolute atomic E-state index is 0.868. The van der Waals surface area contributed by atoms with Crippen molar-refractivity contribution in [2.75, 3.05) is 4.90 Å². The summed E-state index contributed by atoms with van der Waals surface area (Å²) in [6, 6.07) is 80.6. The molecule has 1 aromatic heterocycles. The lowest BCUT2D eigenvalue weighted by molar-refractivity contribution is 0.670. The van der Waals surface area contributed by atoms with Gasteiger partial charge in [-0.1, -0.05) is 170 Å². The van der Waals surface area contributed by atoms with Crippen LogP contribution in [0, 0.1) is 0 Å². The van der Waals surface area contributed by atoms with E-state index in [2.05, 4.69) is 223 Å². The van der Waals surface area contributed by atoms with E-state index in [0.29, 0.717) is 0 Å². The highest BCUT2D eigenvalue weighted by molar-refractivity contribution is 6.17. The third-order valence-electron chi connectivity index (χ3n) is 11.4. The highest BCUT2D eigenvalue weighted by Crippen LogP contribution is 2.47. The fraction of sp³-hybridized carbons (Fsp3) is 0. The third kappa shape index (κ3) is 5.82. The van der Waals surface area contributed by atoms with Gasteiger partial charge in [0.25, 0.3) is 0 Å². The minimum Gasteiger partial charge on any atom is -0.455 e. The SMILES string of the molecule is c1ccc(-c2cccc(-c3ccc(N(c4cccc(-c5cc6ccccc6c6ccccc56)c4)c4ccc(-c5ccccc5)c5oc6ccccc6c45)cc3)c2)cc1. The fourth-order valence-corrected chi connectivity index (χ4v) is 8.69. The van der Waals surface area contributed by atoms with Gasteiger partial charge in [-0.2, -0.15) is 0 Å². The largest absolute Gasteiger partial charge is 0.455 e. The van der Waals surface area contributed by atoms with E-state index in [1.54, 1.807) is 0 Å². The van der Waals surface area contributed by atoms with Crippen molar-refractivity contribution in [3.63, 3.8) is 0 Å². The van der Waals surface area contributed by atoms with Crippen molar-refractivity contribution >= 4 is 60.5 Å². The summed E-state index contributed by atoms with van der Waals surface area (Å²) in [7, 11) is 0. The molecule has 0 spiro atoms. The van der Waals surface area contributed by atoms with E-state index in [9.17, 15) is 0 Å². The Hall–Kier alpha value is -7.68. The van der Waals surface area contributed by atoms with Crippen LogP contribution in [0.3, 0.4) is 0 Å². The van der Waals surface area contributed by atoms with Gasteiger partial charge >= 0.3 is 0 Å². The molecule has 0 aliphatic heterocycles. The van der Waals surface area contributed by atoms with Crippen LogP contribution < -0.4 is 4.90 Å². The van der Waals surface area contributed by atoms with E-state index < -0.39 is 0 Å². The van der Waals surface area contributed by atoms with Gasteiger partial charge in [-0.3, -0.25) is 0 Å². The predicted octanol–water partition coefficient (Wildman–Crippen LogP) is 16.0. The van der Waals surface area contributed by atoms with Crippen molar-refractivity contribution in [1.29, 1.82) is 0 Å². The summed E-state index contributed by atoms with van der Waals surface area (Å²) < 4.78 is 6.78. The van der Waals surface area contributed by atoms with Crippen molar-refractivity contribution in [2.45, 2.75) is 0 Å². The number of nitrogens with zero attached hydrogens (tertiary/aromatic N) is 1. The van der Waals surface area contributed by atoms with Gasteiger partial charge in [0.1, 0.15) is 11.2 Å². The minimum atomic E-state index is 0.868. The topological polar surface area (TPSA) is 16.4 Å². The maximum atomic E-state index is 6.78. The van der Waals surface area contributed by atoms with Crippen LogP contribution in [0.2, 0.25) is 0 Å². The van der Waals surface area contributed by atoms with Crippen LogP contribution in [0.1, 0.15) is 0 Å². The quantitative estimate of drug-likeness (QED) is 0.151. The second-order valence-corrected chi connectivity index (χ2v) is 14.9. The van der Waals surface area contributed by atoms with E-state index in [-0.39, 0.29) is 0 Å². The molecule has 0 amide bonds. The first-order chi connectivity index (χ1) is 28.8. The van der Waals surface area contributed by atoms with E-state index in [1.807, 2.05) is 6.07 Å². The average Bonchev–Trinajstić information content (AvgIpc) is 3.70. The molecule has 0 fully saturated rings. The van der Waals surface area contributed by atoms with Gasteiger partial charge in [-0.25, -0.2) is 0 Å². The molecule has 0 saturated heterocycles. The number of para-hydroxylation sites is 1. The lowest BCUT2D eigenvalue weighted by atomic mass is 9.93. The summed E-state index contributed by atoms with van der Waals surface area (Å²) in [4.78, 5) is 2.40. The summed E-state index contributed by atoms with van der Waals surface area (Å²) in [5.74, 6) is 0. The highest BCUT2D eigenvalue weighted by atomic mass is 16.3. The van der Waals surface area contributed by atoms with E-state index >= 15 is 0 Å². The van der Waals surface area contributed by atoms with Crippen molar-refractivity contribution in [3.05, 3.63) is 224 Å². The number of furan rings is 1. The van der Waals surface area contributed by atoms with Gasteiger partial charge in [0.2, 0.25) is 0 Å². The molecule has 0 aliphatic rings. The fourth-order valence-electron chi connectivity index (χ4n) is 8.69. The zero-order valence-corrected chi connectivity index (χ0v) is 31.7. The van der Waals surface area contributed by atoms with Crippen molar-refractivity contribution in [2.24, 2.45) is 0 Å². The molecule has 0 radical (unpaired) electrons. The van der Waals surface area contributed by atoms with Crippen molar-refractivity contribution in [1.82, 2.24) is 0 Å².